The number of aromatic amines is 1. The predicted octanol–water partition coefficient (Wildman–Crippen LogP) is 0.0196. The SMILES string of the molecule is CC(NC(=O)C(Cc1ccc(O)cc1)NC(=O)C(N)Cc1c[nH]c2ccccc12)C(=O)NC(CC(=O)O)C(=O)O. The molecule has 1 aromatic heterocycles. The minimum Gasteiger partial charge on any atom is -0.508 e. The first-order valence-electron chi connectivity index (χ1n) is 12.4. The second-order valence-corrected chi connectivity index (χ2v) is 9.33. The van der Waals surface area contributed by atoms with Crippen LogP contribution in [0.25, 0.3) is 10.9 Å². The van der Waals surface area contributed by atoms with Crippen LogP contribution in [0.1, 0.15) is 24.5 Å². The lowest BCUT2D eigenvalue weighted by Crippen LogP contribution is -2.57. The van der Waals surface area contributed by atoms with Gasteiger partial charge in [0.1, 0.15) is 23.9 Å². The Morgan fingerprint density at radius 1 is 0.850 bits per heavy atom. The monoisotopic (exact) mass is 553 g/mol. The summed E-state index contributed by atoms with van der Waals surface area (Å²) in [6, 6.07) is 8.32. The molecule has 0 fully saturated rings. The number of hydrogen-bond acceptors (Lipinski definition) is 7. The predicted molar refractivity (Wildman–Crippen MR) is 143 cm³/mol. The van der Waals surface area contributed by atoms with Crippen LogP contribution in [0.4, 0.5) is 0 Å². The van der Waals surface area contributed by atoms with Crippen molar-refractivity contribution >= 4 is 40.6 Å². The highest BCUT2D eigenvalue weighted by Crippen LogP contribution is 2.19. The summed E-state index contributed by atoms with van der Waals surface area (Å²) in [4.78, 5) is 64.0. The molecule has 13 heteroatoms. The number of carboxylic acid groups (broad SMARTS) is 2. The Balaban J connectivity index is 1.71. The zero-order valence-electron chi connectivity index (χ0n) is 21.6. The minimum absolute atomic E-state index is 0.00850. The van der Waals surface area contributed by atoms with Crippen molar-refractivity contribution in [1.29, 1.82) is 0 Å². The highest BCUT2D eigenvalue weighted by molar-refractivity contribution is 5.95. The molecule has 4 unspecified atom stereocenters. The number of rotatable bonds is 13. The molecule has 0 aliphatic heterocycles. The van der Waals surface area contributed by atoms with Crippen LogP contribution in [-0.4, -0.2) is 74.1 Å². The van der Waals surface area contributed by atoms with Gasteiger partial charge in [-0.3, -0.25) is 19.2 Å². The normalized spacial score (nSPS) is 13.9. The summed E-state index contributed by atoms with van der Waals surface area (Å²) < 4.78 is 0. The van der Waals surface area contributed by atoms with Crippen molar-refractivity contribution in [3.05, 3.63) is 65.9 Å². The van der Waals surface area contributed by atoms with Crippen LogP contribution in [0.5, 0.6) is 5.75 Å². The average molecular weight is 554 g/mol. The number of amides is 3. The van der Waals surface area contributed by atoms with Gasteiger partial charge in [0.05, 0.1) is 12.5 Å². The Morgan fingerprint density at radius 2 is 1.50 bits per heavy atom. The van der Waals surface area contributed by atoms with Crippen LogP contribution in [0, 0.1) is 0 Å². The number of nitrogens with one attached hydrogen (secondary N) is 4. The molecule has 0 radical (unpaired) electrons. The molecule has 4 atom stereocenters. The highest BCUT2D eigenvalue weighted by atomic mass is 16.4. The second kappa shape index (κ2) is 13.2. The third-order valence-electron chi connectivity index (χ3n) is 6.21. The molecule has 212 valence electrons. The molecule has 1 heterocycles. The van der Waals surface area contributed by atoms with E-state index in [2.05, 4.69) is 20.9 Å². The number of aromatic nitrogens is 1. The van der Waals surface area contributed by atoms with E-state index >= 15 is 0 Å². The molecule has 0 spiro atoms. The van der Waals surface area contributed by atoms with E-state index in [1.807, 2.05) is 24.3 Å². The van der Waals surface area contributed by atoms with E-state index in [1.54, 1.807) is 18.3 Å². The van der Waals surface area contributed by atoms with Gasteiger partial charge in [0.15, 0.2) is 0 Å². The van der Waals surface area contributed by atoms with Gasteiger partial charge in [0, 0.05) is 23.5 Å². The van der Waals surface area contributed by atoms with Crippen molar-refractivity contribution in [2.75, 3.05) is 0 Å². The van der Waals surface area contributed by atoms with Gasteiger partial charge in [-0.2, -0.15) is 0 Å². The molecule has 0 aliphatic rings. The number of H-pyrrole nitrogens is 1. The summed E-state index contributed by atoms with van der Waals surface area (Å²) in [6.45, 7) is 1.29. The fraction of sp³-hybridized carbons (Fsp3) is 0.296. The topological polar surface area (TPSA) is 224 Å². The molecular formula is C27H31N5O8. The summed E-state index contributed by atoms with van der Waals surface area (Å²) in [5.74, 6) is -5.26. The molecule has 9 N–H and O–H groups in total. The highest BCUT2D eigenvalue weighted by Gasteiger charge is 2.29. The van der Waals surface area contributed by atoms with Gasteiger partial charge in [-0.15, -0.1) is 0 Å². The lowest BCUT2D eigenvalue weighted by Gasteiger charge is -2.23. The number of aromatic hydroxyl groups is 1. The van der Waals surface area contributed by atoms with E-state index in [-0.39, 0.29) is 18.6 Å². The Hall–Kier alpha value is -4.91. The van der Waals surface area contributed by atoms with Gasteiger partial charge >= 0.3 is 11.9 Å². The number of para-hydroxylation sites is 1. The zero-order valence-corrected chi connectivity index (χ0v) is 21.6. The molecular weight excluding hydrogens is 522 g/mol. The smallest absolute Gasteiger partial charge is 0.326 e. The van der Waals surface area contributed by atoms with Crippen LogP contribution in [0.15, 0.2) is 54.7 Å². The molecule has 40 heavy (non-hydrogen) atoms. The Bertz CT molecular complexity index is 1390. The number of hydrogen-bond donors (Lipinski definition) is 8. The van der Waals surface area contributed by atoms with Gasteiger partial charge in [-0.25, -0.2) is 4.79 Å². The van der Waals surface area contributed by atoms with Gasteiger partial charge in [-0.05, 0) is 42.7 Å². The van der Waals surface area contributed by atoms with Crippen molar-refractivity contribution < 1.29 is 39.3 Å². The van der Waals surface area contributed by atoms with E-state index in [1.165, 1.54) is 19.1 Å². The summed E-state index contributed by atoms with van der Waals surface area (Å²) in [5, 5.41) is 35.6. The number of nitrogens with two attached hydrogens (primary N) is 1. The lowest BCUT2D eigenvalue weighted by molar-refractivity contribution is -0.147. The first kappa shape index (κ1) is 29.6. The number of carboxylic acids is 2. The number of benzene rings is 2. The van der Waals surface area contributed by atoms with Crippen molar-refractivity contribution in [3.63, 3.8) is 0 Å². The number of carbonyl (C=O) groups is 5. The maximum Gasteiger partial charge on any atom is 0.326 e. The van der Waals surface area contributed by atoms with E-state index in [0.29, 0.717) is 5.56 Å². The van der Waals surface area contributed by atoms with Crippen molar-refractivity contribution in [1.82, 2.24) is 20.9 Å². The molecule has 3 rings (SSSR count). The van der Waals surface area contributed by atoms with Crippen molar-refractivity contribution in [3.8, 4) is 5.75 Å². The van der Waals surface area contributed by atoms with Crippen molar-refractivity contribution in [2.45, 2.75) is 50.4 Å². The number of carbonyl (C=O) groups excluding carboxylic acids is 3. The van der Waals surface area contributed by atoms with Crippen LogP contribution < -0.4 is 21.7 Å². The summed E-state index contributed by atoms with van der Waals surface area (Å²) >= 11 is 0. The van der Waals surface area contributed by atoms with E-state index < -0.39 is 60.2 Å². The quantitative estimate of drug-likeness (QED) is 0.143. The summed E-state index contributed by atoms with van der Waals surface area (Å²) in [7, 11) is 0. The minimum atomic E-state index is -1.70. The van der Waals surface area contributed by atoms with Crippen LogP contribution in [0.3, 0.4) is 0 Å². The average Bonchev–Trinajstić information content (AvgIpc) is 3.31. The molecule has 13 nitrogen and oxygen atoms in total. The molecule has 2 aromatic carbocycles. The number of phenols is 1. The van der Waals surface area contributed by atoms with E-state index in [9.17, 15) is 29.1 Å². The van der Waals surface area contributed by atoms with Crippen LogP contribution >= 0.6 is 0 Å². The number of fused-ring (bicyclic) bond motifs is 1. The molecule has 0 saturated carbocycles. The van der Waals surface area contributed by atoms with Gasteiger partial charge < -0.3 is 42.0 Å². The zero-order chi connectivity index (χ0) is 29.4. The maximum atomic E-state index is 13.2. The third kappa shape index (κ3) is 8.04. The molecule has 0 saturated heterocycles. The Kier molecular flexibility index (Phi) is 9.81. The molecule has 0 bridgehead atoms. The first-order valence-corrected chi connectivity index (χ1v) is 12.4. The standard InChI is InChI=1S/C27H31N5O8/c1-14(24(36)32-22(27(39)40)12-23(34)35)30-26(38)21(10-15-6-8-17(33)9-7-15)31-25(37)19(28)11-16-13-29-20-5-3-2-4-18(16)20/h2-9,13-14,19,21-22,29,33H,10-12,28H2,1H3,(H,30,38)(H,31,37)(H,32,36)(H,34,35)(H,39,40). The van der Waals surface area contributed by atoms with Crippen molar-refractivity contribution in [2.24, 2.45) is 5.73 Å². The molecule has 0 aliphatic carbocycles. The van der Waals surface area contributed by atoms with Crippen LogP contribution in [-0.2, 0) is 36.8 Å². The number of phenolic OH excluding ortho intramolecular Hbond substituents is 1. The molecule has 3 amide bonds. The largest absolute Gasteiger partial charge is 0.508 e. The summed E-state index contributed by atoms with van der Waals surface area (Å²) in [5.41, 5.74) is 8.47. The maximum absolute atomic E-state index is 13.2. The van der Waals surface area contributed by atoms with E-state index in [0.717, 1.165) is 16.5 Å². The summed E-state index contributed by atoms with van der Waals surface area (Å²) in [6.07, 6.45) is 1.08. The second-order valence-electron chi connectivity index (χ2n) is 9.33. The Labute approximate surface area is 228 Å². The molecule has 3 aromatic rings. The first-order chi connectivity index (χ1) is 18.9. The number of aliphatic carboxylic acids is 2. The fourth-order valence-electron chi connectivity index (χ4n) is 4.04. The van der Waals surface area contributed by atoms with Gasteiger partial charge in [-0.1, -0.05) is 30.3 Å². The Morgan fingerprint density at radius 3 is 2.15 bits per heavy atom. The third-order valence-corrected chi connectivity index (χ3v) is 6.21. The van der Waals surface area contributed by atoms with Gasteiger partial charge in [0.25, 0.3) is 0 Å². The van der Waals surface area contributed by atoms with Crippen LogP contribution in [0.2, 0.25) is 0 Å². The lowest BCUT2D eigenvalue weighted by atomic mass is 10.0. The van der Waals surface area contributed by atoms with Gasteiger partial charge in [0.2, 0.25) is 17.7 Å². The van der Waals surface area contributed by atoms with E-state index in [4.69, 9.17) is 15.9 Å². The fourth-order valence-corrected chi connectivity index (χ4v) is 4.04.